The Bertz CT molecular complexity index is 1440. The van der Waals surface area contributed by atoms with Crippen molar-refractivity contribution in [2.75, 3.05) is 13.1 Å². The second-order valence-corrected chi connectivity index (χ2v) is 11.9. The summed E-state index contributed by atoms with van der Waals surface area (Å²) < 4.78 is 15.5. The highest BCUT2D eigenvalue weighted by Crippen LogP contribution is 2.23. The van der Waals surface area contributed by atoms with Crippen LogP contribution in [0.5, 0.6) is 0 Å². The lowest BCUT2D eigenvalue weighted by Crippen LogP contribution is -2.43. The maximum absolute atomic E-state index is 14.0. The minimum atomic E-state index is -0.265. The van der Waals surface area contributed by atoms with Crippen LogP contribution in [0.1, 0.15) is 73.3 Å². The molecule has 4 rings (SSSR count). The normalized spacial score (nSPS) is 11.4. The van der Waals surface area contributed by atoms with Crippen molar-refractivity contribution in [3.8, 4) is 0 Å². The fraction of sp³-hybridized carbons (Fsp3) is 0.333. The monoisotopic (exact) mass is 567 g/mol. The predicted octanol–water partition coefficient (Wildman–Crippen LogP) is 7.44. The summed E-state index contributed by atoms with van der Waals surface area (Å²) in [6.45, 7) is 10.4. The number of carbonyl (C=O) groups excluding carboxylic acids is 2. The first-order valence-electron chi connectivity index (χ1n) is 14.7. The van der Waals surface area contributed by atoms with Gasteiger partial charge in [0.1, 0.15) is 12.4 Å². The molecule has 0 aliphatic rings. The van der Waals surface area contributed by atoms with E-state index in [-0.39, 0.29) is 29.6 Å². The molecule has 6 heteroatoms. The molecule has 0 saturated carbocycles. The van der Waals surface area contributed by atoms with Crippen LogP contribution in [0.4, 0.5) is 4.39 Å². The third-order valence-electron chi connectivity index (χ3n) is 7.50. The maximum atomic E-state index is 14.0. The molecule has 0 radical (unpaired) electrons. The Morgan fingerprint density at radius 2 is 1.48 bits per heavy atom. The van der Waals surface area contributed by atoms with Crippen molar-refractivity contribution in [1.29, 1.82) is 0 Å². The third kappa shape index (κ3) is 8.41. The van der Waals surface area contributed by atoms with Crippen LogP contribution in [0.15, 0.2) is 97.2 Å². The number of hydrogen-bond acceptors (Lipinski definition) is 2. The molecular formula is C36H42FN3O2. The van der Waals surface area contributed by atoms with Gasteiger partial charge in [0.25, 0.3) is 5.91 Å². The summed E-state index contributed by atoms with van der Waals surface area (Å²) in [4.78, 5) is 31.1. The molecule has 2 amide bonds. The zero-order valence-electron chi connectivity index (χ0n) is 25.2. The van der Waals surface area contributed by atoms with Crippen molar-refractivity contribution in [3.63, 3.8) is 0 Å². The van der Waals surface area contributed by atoms with E-state index < -0.39 is 0 Å². The van der Waals surface area contributed by atoms with Crippen molar-refractivity contribution in [2.24, 2.45) is 0 Å². The molecule has 1 heterocycles. The van der Waals surface area contributed by atoms with Crippen LogP contribution in [0, 0.1) is 5.82 Å². The van der Waals surface area contributed by atoms with Gasteiger partial charge in [0.2, 0.25) is 5.91 Å². The number of nitrogens with zero attached hydrogens (tertiary/aromatic N) is 3. The van der Waals surface area contributed by atoms with Crippen molar-refractivity contribution in [2.45, 2.75) is 65.6 Å². The molecule has 4 aromatic rings. The predicted molar refractivity (Wildman–Crippen MR) is 167 cm³/mol. The molecule has 42 heavy (non-hydrogen) atoms. The van der Waals surface area contributed by atoms with Crippen LogP contribution >= 0.6 is 0 Å². The van der Waals surface area contributed by atoms with E-state index in [9.17, 15) is 14.0 Å². The van der Waals surface area contributed by atoms with E-state index in [1.807, 2.05) is 77.8 Å². The summed E-state index contributed by atoms with van der Waals surface area (Å²) in [6, 6.07) is 28.1. The highest BCUT2D eigenvalue weighted by atomic mass is 19.1. The Hall–Kier alpha value is -4.19. The SMILES string of the molecule is CCCCN(CC(=O)N(Cc1ccccc1)Cc1cccn1Cc1ccc(F)cc1)C(=O)c1ccc(C(C)(C)C)cc1. The fourth-order valence-electron chi connectivity index (χ4n) is 4.93. The van der Waals surface area contributed by atoms with Crippen molar-refractivity contribution in [3.05, 3.63) is 131 Å². The van der Waals surface area contributed by atoms with Gasteiger partial charge in [-0.05, 0) is 64.9 Å². The summed E-state index contributed by atoms with van der Waals surface area (Å²) in [6.07, 6.45) is 3.71. The summed E-state index contributed by atoms with van der Waals surface area (Å²) in [5, 5.41) is 0. The molecule has 0 aliphatic heterocycles. The van der Waals surface area contributed by atoms with E-state index in [2.05, 4.69) is 32.3 Å². The average Bonchev–Trinajstić information content (AvgIpc) is 3.42. The minimum absolute atomic E-state index is 0.00532. The van der Waals surface area contributed by atoms with Crippen LogP contribution < -0.4 is 0 Å². The molecule has 0 spiro atoms. The first-order chi connectivity index (χ1) is 20.1. The summed E-state index contributed by atoms with van der Waals surface area (Å²) in [5.41, 5.74) is 4.71. The standard InChI is InChI=1S/C36H42FN3O2/c1-5-6-22-39(35(42)30-16-18-31(19-17-30)36(2,3)4)27-34(41)40(25-28-11-8-7-9-12-28)26-33-13-10-23-38(33)24-29-14-20-32(37)21-15-29/h7-21,23H,5-6,22,24-27H2,1-4H3. The molecule has 0 fully saturated rings. The van der Waals surface area contributed by atoms with E-state index in [0.717, 1.165) is 35.2 Å². The quantitative estimate of drug-likeness (QED) is 0.179. The van der Waals surface area contributed by atoms with Crippen LogP contribution in [-0.4, -0.2) is 39.3 Å². The van der Waals surface area contributed by atoms with Gasteiger partial charge in [0, 0.05) is 37.1 Å². The highest BCUT2D eigenvalue weighted by Gasteiger charge is 2.24. The third-order valence-corrected chi connectivity index (χ3v) is 7.50. The van der Waals surface area contributed by atoms with Crippen LogP contribution in [0.3, 0.4) is 0 Å². The molecule has 3 aromatic carbocycles. The molecule has 0 atom stereocenters. The van der Waals surface area contributed by atoms with Gasteiger partial charge in [-0.15, -0.1) is 0 Å². The topological polar surface area (TPSA) is 45.6 Å². The maximum Gasteiger partial charge on any atom is 0.254 e. The molecule has 0 bridgehead atoms. The Morgan fingerprint density at radius 1 is 0.786 bits per heavy atom. The van der Waals surface area contributed by atoms with Gasteiger partial charge in [-0.25, -0.2) is 4.39 Å². The van der Waals surface area contributed by atoms with Gasteiger partial charge < -0.3 is 14.4 Å². The molecule has 5 nitrogen and oxygen atoms in total. The van der Waals surface area contributed by atoms with Gasteiger partial charge >= 0.3 is 0 Å². The number of halogens is 1. The van der Waals surface area contributed by atoms with Crippen molar-refractivity contribution < 1.29 is 14.0 Å². The lowest BCUT2D eigenvalue weighted by molar-refractivity contribution is -0.133. The first-order valence-corrected chi connectivity index (χ1v) is 14.7. The van der Waals surface area contributed by atoms with E-state index in [1.165, 1.54) is 12.1 Å². The van der Waals surface area contributed by atoms with Crippen LogP contribution in [0.2, 0.25) is 0 Å². The number of unbranched alkanes of at least 4 members (excludes halogenated alkanes) is 1. The number of rotatable bonds is 12. The van der Waals surface area contributed by atoms with Crippen LogP contribution in [-0.2, 0) is 29.8 Å². The first kappa shape index (κ1) is 30.8. The van der Waals surface area contributed by atoms with Gasteiger partial charge in [0.15, 0.2) is 0 Å². The van der Waals surface area contributed by atoms with Gasteiger partial charge in [0.05, 0.1) is 6.54 Å². The summed E-state index contributed by atoms with van der Waals surface area (Å²) in [5.74, 6) is -0.501. The number of benzene rings is 3. The zero-order valence-corrected chi connectivity index (χ0v) is 25.2. The van der Waals surface area contributed by atoms with Crippen molar-refractivity contribution >= 4 is 11.8 Å². The second kappa shape index (κ2) is 14.1. The van der Waals surface area contributed by atoms with E-state index in [4.69, 9.17) is 0 Å². The van der Waals surface area contributed by atoms with Gasteiger partial charge in [-0.3, -0.25) is 9.59 Å². The summed E-state index contributed by atoms with van der Waals surface area (Å²) >= 11 is 0. The van der Waals surface area contributed by atoms with Gasteiger partial charge in [-0.1, -0.05) is 88.7 Å². The van der Waals surface area contributed by atoms with Crippen LogP contribution in [0.25, 0.3) is 0 Å². The number of hydrogen-bond donors (Lipinski definition) is 0. The molecular weight excluding hydrogens is 525 g/mol. The lowest BCUT2D eigenvalue weighted by atomic mass is 9.86. The Kier molecular flexibility index (Phi) is 10.3. The highest BCUT2D eigenvalue weighted by molar-refractivity contribution is 5.96. The molecule has 0 saturated heterocycles. The molecule has 1 aromatic heterocycles. The molecule has 0 unspecified atom stereocenters. The van der Waals surface area contributed by atoms with Crippen molar-refractivity contribution in [1.82, 2.24) is 14.4 Å². The Labute approximate surface area is 249 Å². The molecule has 0 aliphatic carbocycles. The Morgan fingerprint density at radius 3 is 2.12 bits per heavy atom. The second-order valence-electron chi connectivity index (χ2n) is 11.9. The summed E-state index contributed by atoms with van der Waals surface area (Å²) in [7, 11) is 0. The average molecular weight is 568 g/mol. The molecule has 0 N–H and O–H groups in total. The van der Waals surface area contributed by atoms with Gasteiger partial charge in [-0.2, -0.15) is 0 Å². The largest absolute Gasteiger partial charge is 0.345 e. The lowest BCUT2D eigenvalue weighted by Gasteiger charge is -2.28. The number of amides is 2. The fourth-order valence-corrected chi connectivity index (χ4v) is 4.93. The minimum Gasteiger partial charge on any atom is -0.345 e. The number of aromatic nitrogens is 1. The number of carbonyl (C=O) groups is 2. The van der Waals surface area contributed by atoms with E-state index >= 15 is 0 Å². The van der Waals surface area contributed by atoms with E-state index in [0.29, 0.717) is 31.7 Å². The zero-order chi connectivity index (χ0) is 30.1. The smallest absolute Gasteiger partial charge is 0.254 e. The Balaban J connectivity index is 1.56. The molecule has 220 valence electrons. The van der Waals surface area contributed by atoms with E-state index in [1.54, 1.807) is 17.0 Å².